The van der Waals surface area contributed by atoms with Crippen LogP contribution >= 0.6 is 22.9 Å². The number of halogens is 1. The first-order valence-corrected chi connectivity index (χ1v) is 7.72. The minimum Gasteiger partial charge on any atom is -0.451 e. The molecule has 1 aromatic carbocycles. The zero-order chi connectivity index (χ0) is 17.1. The number of thiophene rings is 1. The molecule has 0 aliphatic rings. The fourth-order valence-corrected chi connectivity index (χ4v) is 2.60. The molecule has 2 heterocycles. The van der Waals surface area contributed by atoms with Gasteiger partial charge in [0.15, 0.2) is 6.61 Å². The first-order chi connectivity index (χ1) is 11.5. The molecule has 8 nitrogen and oxygen atoms in total. The number of carbonyl (C=O) groups is 1. The van der Waals surface area contributed by atoms with Crippen molar-refractivity contribution in [2.45, 2.75) is 6.61 Å². The predicted molar refractivity (Wildman–Crippen MR) is 84.8 cm³/mol. The molecule has 0 N–H and O–H groups in total. The molecule has 3 aromatic rings. The summed E-state index contributed by atoms with van der Waals surface area (Å²) in [6.45, 7) is -0.231. The molecule has 0 spiro atoms. The van der Waals surface area contributed by atoms with Crippen LogP contribution in [0.5, 0.6) is 0 Å². The molecule has 0 atom stereocenters. The summed E-state index contributed by atoms with van der Waals surface area (Å²) in [5.74, 6) is -0.247. The fraction of sp³-hybridized carbons (Fsp3) is 0.0714. The molecule has 0 radical (unpaired) electrons. The van der Waals surface area contributed by atoms with E-state index < -0.39 is 10.9 Å². The quantitative estimate of drug-likeness (QED) is 0.385. The third-order valence-corrected chi connectivity index (χ3v) is 4.14. The topological polar surface area (TPSA) is 108 Å². The van der Waals surface area contributed by atoms with E-state index in [2.05, 4.69) is 10.1 Å². The summed E-state index contributed by atoms with van der Waals surface area (Å²) >= 11 is 6.54. The lowest BCUT2D eigenvalue weighted by Crippen LogP contribution is -2.03. The van der Waals surface area contributed by atoms with Crippen molar-refractivity contribution in [2.24, 2.45) is 0 Å². The normalized spacial score (nSPS) is 10.5. The minimum absolute atomic E-state index is 0.111. The Hall–Kier alpha value is -2.78. The first kappa shape index (κ1) is 16.1. The van der Waals surface area contributed by atoms with Gasteiger partial charge in [0.1, 0.15) is 4.88 Å². The summed E-state index contributed by atoms with van der Waals surface area (Å²) in [7, 11) is 0. The van der Waals surface area contributed by atoms with E-state index in [1.54, 1.807) is 24.3 Å². The fourth-order valence-electron chi connectivity index (χ4n) is 1.76. The van der Waals surface area contributed by atoms with Crippen LogP contribution in [0.2, 0.25) is 5.02 Å². The highest BCUT2D eigenvalue weighted by Gasteiger charge is 2.17. The molecule has 3 rings (SSSR count). The van der Waals surface area contributed by atoms with Gasteiger partial charge < -0.3 is 9.26 Å². The van der Waals surface area contributed by atoms with Crippen LogP contribution < -0.4 is 0 Å². The molecule has 0 aliphatic heterocycles. The van der Waals surface area contributed by atoms with Crippen LogP contribution in [0.15, 0.2) is 40.9 Å². The molecular formula is C14H8ClN3O5S. The lowest BCUT2D eigenvalue weighted by molar-refractivity contribution is -0.380. The summed E-state index contributed by atoms with van der Waals surface area (Å²) in [5.41, 5.74) is 0.703. The van der Waals surface area contributed by atoms with Crippen LogP contribution in [0.1, 0.15) is 15.6 Å². The number of rotatable bonds is 5. The third kappa shape index (κ3) is 3.58. The van der Waals surface area contributed by atoms with Crippen LogP contribution in [-0.2, 0) is 11.3 Å². The molecule has 0 bridgehead atoms. The summed E-state index contributed by atoms with van der Waals surface area (Å²) < 4.78 is 10.0. The molecule has 0 unspecified atom stereocenters. The molecular weight excluding hydrogens is 358 g/mol. The van der Waals surface area contributed by atoms with Gasteiger partial charge in [-0.3, -0.25) is 10.1 Å². The highest BCUT2D eigenvalue weighted by atomic mass is 35.5. The maximum Gasteiger partial charge on any atom is 0.349 e. The number of carbonyl (C=O) groups excluding carboxylic acids is 1. The van der Waals surface area contributed by atoms with Gasteiger partial charge in [-0.1, -0.05) is 28.1 Å². The molecule has 0 saturated carbocycles. The Morgan fingerprint density at radius 2 is 2.04 bits per heavy atom. The number of ether oxygens (including phenoxy) is 1. The smallest absolute Gasteiger partial charge is 0.349 e. The van der Waals surface area contributed by atoms with E-state index in [0.717, 1.165) is 11.3 Å². The molecule has 2 aromatic heterocycles. The largest absolute Gasteiger partial charge is 0.451 e. The summed E-state index contributed by atoms with van der Waals surface area (Å²) in [6, 6.07) is 9.42. The van der Waals surface area contributed by atoms with Gasteiger partial charge in [-0.25, -0.2) is 4.79 Å². The molecule has 0 saturated heterocycles. The van der Waals surface area contributed by atoms with Crippen molar-refractivity contribution in [3.05, 3.63) is 62.3 Å². The van der Waals surface area contributed by atoms with Gasteiger partial charge in [0.2, 0.25) is 5.82 Å². The lowest BCUT2D eigenvalue weighted by atomic mass is 10.2. The van der Waals surface area contributed by atoms with Crippen LogP contribution in [0, 0.1) is 10.1 Å². The molecule has 0 aliphatic carbocycles. The van der Waals surface area contributed by atoms with Crippen molar-refractivity contribution in [3.8, 4) is 11.4 Å². The minimum atomic E-state index is -0.695. The number of nitrogens with zero attached hydrogens (tertiary/aromatic N) is 3. The van der Waals surface area contributed by atoms with Crippen LogP contribution in [-0.4, -0.2) is 21.0 Å². The van der Waals surface area contributed by atoms with Crippen molar-refractivity contribution in [1.29, 1.82) is 0 Å². The van der Waals surface area contributed by atoms with E-state index in [-0.39, 0.29) is 22.4 Å². The first-order valence-electron chi connectivity index (χ1n) is 6.53. The van der Waals surface area contributed by atoms with Gasteiger partial charge in [0.25, 0.3) is 5.89 Å². The molecule has 24 heavy (non-hydrogen) atoms. The van der Waals surface area contributed by atoms with Gasteiger partial charge in [0, 0.05) is 16.7 Å². The lowest BCUT2D eigenvalue weighted by Gasteiger charge is -1.98. The molecule has 0 amide bonds. The van der Waals surface area contributed by atoms with Gasteiger partial charge in [0.05, 0.1) is 4.92 Å². The number of hydrogen-bond acceptors (Lipinski definition) is 8. The van der Waals surface area contributed by atoms with E-state index in [9.17, 15) is 14.9 Å². The molecule has 122 valence electrons. The zero-order valence-electron chi connectivity index (χ0n) is 11.8. The van der Waals surface area contributed by atoms with E-state index in [1.807, 2.05) is 0 Å². The number of esters is 1. The number of aromatic nitrogens is 2. The Morgan fingerprint density at radius 1 is 1.29 bits per heavy atom. The summed E-state index contributed by atoms with van der Waals surface area (Å²) in [6.07, 6.45) is 0. The van der Waals surface area contributed by atoms with Crippen molar-refractivity contribution in [2.75, 3.05) is 0 Å². The third-order valence-electron chi connectivity index (χ3n) is 2.87. The monoisotopic (exact) mass is 365 g/mol. The Balaban J connectivity index is 1.63. The second-order valence-corrected chi connectivity index (χ2v) is 5.99. The Kier molecular flexibility index (Phi) is 4.54. The van der Waals surface area contributed by atoms with Gasteiger partial charge in [-0.2, -0.15) is 4.98 Å². The van der Waals surface area contributed by atoms with E-state index >= 15 is 0 Å². The summed E-state index contributed by atoms with van der Waals surface area (Å²) in [5, 5.41) is 14.8. The Labute approximate surface area is 143 Å². The van der Waals surface area contributed by atoms with Crippen LogP contribution in [0.25, 0.3) is 11.4 Å². The van der Waals surface area contributed by atoms with Crippen molar-refractivity contribution in [3.63, 3.8) is 0 Å². The van der Waals surface area contributed by atoms with E-state index in [1.165, 1.54) is 12.1 Å². The molecule has 0 fully saturated rings. The van der Waals surface area contributed by atoms with E-state index in [4.69, 9.17) is 20.9 Å². The van der Waals surface area contributed by atoms with Crippen molar-refractivity contribution < 1.29 is 19.0 Å². The second kappa shape index (κ2) is 6.77. The zero-order valence-corrected chi connectivity index (χ0v) is 13.4. The van der Waals surface area contributed by atoms with Crippen molar-refractivity contribution >= 4 is 33.9 Å². The number of benzene rings is 1. The SMILES string of the molecule is O=C(OCc1nc(-c2ccc(Cl)cc2)no1)c1ccc([N+](=O)[O-])s1. The standard InChI is InChI=1S/C14H8ClN3O5S/c15-9-3-1-8(2-4-9)13-16-11(23-17-13)7-22-14(19)10-5-6-12(24-10)18(20)21/h1-6H,7H2. The predicted octanol–water partition coefficient (Wildman–Crippen LogP) is 3.72. The van der Waals surface area contributed by atoms with Gasteiger partial charge >= 0.3 is 11.0 Å². The Morgan fingerprint density at radius 3 is 2.71 bits per heavy atom. The average Bonchev–Trinajstić information content (AvgIpc) is 3.23. The highest BCUT2D eigenvalue weighted by Crippen LogP contribution is 2.25. The highest BCUT2D eigenvalue weighted by molar-refractivity contribution is 7.17. The second-order valence-electron chi connectivity index (χ2n) is 4.49. The van der Waals surface area contributed by atoms with Crippen molar-refractivity contribution in [1.82, 2.24) is 10.1 Å². The maximum absolute atomic E-state index is 11.8. The van der Waals surface area contributed by atoms with Crippen LogP contribution in [0.4, 0.5) is 5.00 Å². The maximum atomic E-state index is 11.8. The Bertz CT molecular complexity index is 890. The average molecular weight is 366 g/mol. The summed E-state index contributed by atoms with van der Waals surface area (Å²) in [4.78, 5) is 26.1. The van der Waals surface area contributed by atoms with E-state index in [0.29, 0.717) is 16.4 Å². The van der Waals surface area contributed by atoms with Gasteiger partial charge in [-0.15, -0.1) is 0 Å². The van der Waals surface area contributed by atoms with Crippen LogP contribution in [0.3, 0.4) is 0 Å². The van der Waals surface area contributed by atoms with Gasteiger partial charge in [-0.05, 0) is 30.3 Å². The number of nitro groups is 1. The number of hydrogen-bond donors (Lipinski definition) is 0. The molecule has 10 heteroatoms.